The topological polar surface area (TPSA) is 9.23 Å². The van der Waals surface area contributed by atoms with Crippen LogP contribution < -0.4 is 0 Å². The molecule has 0 aromatic heterocycles. The average molecular weight is 368 g/mol. The Morgan fingerprint density at radius 2 is 2.19 bits per heavy atom. The van der Waals surface area contributed by atoms with Gasteiger partial charge in [0.2, 0.25) is 0 Å². The minimum atomic E-state index is -0.245. The summed E-state index contributed by atoms with van der Waals surface area (Å²) < 4.78 is 7.86. The molecule has 4 heteroatoms. The molecule has 1 aromatic carbocycles. The second kappa shape index (κ2) is 4.97. The Kier molecular flexibility index (Phi) is 4.00. The maximum atomic E-state index is 6.56. The van der Waals surface area contributed by atoms with Gasteiger partial charge in [-0.1, -0.05) is 31.9 Å². The molecule has 0 aliphatic carbocycles. The van der Waals surface area contributed by atoms with Gasteiger partial charge in [0, 0.05) is 15.6 Å². The van der Waals surface area contributed by atoms with Crippen LogP contribution >= 0.6 is 43.5 Å². The van der Waals surface area contributed by atoms with Crippen LogP contribution in [0, 0.1) is 0 Å². The van der Waals surface area contributed by atoms with Gasteiger partial charge < -0.3 is 4.74 Å². The summed E-state index contributed by atoms with van der Waals surface area (Å²) in [5.41, 5.74) is 0.839. The van der Waals surface area contributed by atoms with Crippen molar-refractivity contribution >= 4 is 43.5 Å². The van der Waals surface area contributed by atoms with Gasteiger partial charge in [-0.15, -0.1) is 11.6 Å². The van der Waals surface area contributed by atoms with Gasteiger partial charge in [-0.3, -0.25) is 0 Å². The van der Waals surface area contributed by atoms with E-state index in [1.165, 1.54) is 0 Å². The molecule has 16 heavy (non-hydrogen) atoms. The molecular formula is C12H13Br2ClO. The van der Waals surface area contributed by atoms with Gasteiger partial charge in [0.25, 0.3) is 0 Å². The number of hydrogen-bond acceptors (Lipinski definition) is 1. The molecule has 0 saturated carbocycles. The highest BCUT2D eigenvalue weighted by Gasteiger charge is 2.39. The molecule has 88 valence electrons. The first-order valence-corrected chi connectivity index (χ1v) is 7.28. The van der Waals surface area contributed by atoms with Crippen molar-refractivity contribution in [2.45, 2.75) is 30.7 Å². The first kappa shape index (κ1) is 12.9. The lowest BCUT2D eigenvalue weighted by Crippen LogP contribution is -2.29. The summed E-state index contributed by atoms with van der Waals surface area (Å²) in [5, 5.41) is -0.123. The molecule has 2 atom stereocenters. The highest BCUT2D eigenvalue weighted by atomic mass is 79.9. The molecule has 1 heterocycles. The molecule has 0 N–H and O–H groups in total. The van der Waals surface area contributed by atoms with Gasteiger partial charge in [-0.2, -0.15) is 0 Å². The van der Waals surface area contributed by atoms with Gasteiger partial charge in [0.15, 0.2) is 0 Å². The lowest BCUT2D eigenvalue weighted by Gasteiger charge is -2.29. The fraction of sp³-hybridized carbons (Fsp3) is 0.500. The van der Waals surface area contributed by atoms with Gasteiger partial charge in [0.1, 0.15) is 0 Å². The summed E-state index contributed by atoms with van der Waals surface area (Å²) in [4.78, 5) is 0. The second-order valence-electron chi connectivity index (χ2n) is 4.29. The summed E-state index contributed by atoms with van der Waals surface area (Å²) in [6.07, 6.45) is 2.10. The smallest absolute Gasteiger partial charge is 0.0883 e. The van der Waals surface area contributed by atoms with Crippen molar-refractivity contribution in [3.8, 4) is 0 Å². The molecule has 1 nitrogen and oxygen atoms in total. The number of ether oxygens (including phenoxy) is 1. The van der Waals surface area contributed by atoms with Gasteiger partial charge in [0.05, 0.1) is 11.0 Å². The molecule has 0 radical (unpaired) electrons. The van der Waals surface area contributed by atoms with Gasteiger partial charge in [-0.05, 0) is 43.5 Å². The van der Waals surface area contributed by atoms with Crippen LogP contribution in [0.2, 0.25) is 0 Å². The number of benzene rings is 1. The number of rotatable bonds is 2. The lowest BCUT2D eigenvalue weighted by molar-refractivity contribution is 0.0163. The van der Waals surface area contributed by atoms with Crippen LogP contribution in [0.15, 0.2) is 27.1 Å². The third-order valence-electron chi connectivity index (χ3n) is 3.02. The Morgan fingerprint density at radius 1 is 1.44 bits per heavy atom. The minimum absolute atomic E-state index is 0.123. The monoisotopic (exact) mass is 366 g/mol. The van der Waals surface area contributed by atoms with Crippen LogP contribution in [0.1, 0.15) is 30.7 Å². The standard InChI is InChI=1S/C12H13Br2ClO/c1-12(5-2-6-16-12)11(15)9-7-8(13)3-4-10(9)14/h3-4,7,11H,2,5-6H2,1H3. The Hall–Kier alpha value is 0.430. The van der Waals surface area contributed by atoms with Gasteiger partial charge in [-0.25, -0.2) is 0 Å². The van der Waals surface area contributed by atoms with E-state index < -0.39 is 0 Å². The van der Waals surface area contributed by atoms with Crippen LogP contribution in [0.3, 0.4) is 0 Å². The molecule has 0 bridgehead atoms. The second-order valence-corrected chi connectivity index (χ2v) is 6.50. The predicted molar refractivity (Wildman–Crippen MR) is 74.0 cm³/mol. The molecule has 1 fully saturated rings. The molecule has 2 unspecified atom stereocenters. The van der Waals surface area contributed by atoms with Crippen molar-refractivity contribution in [3.63, 3.8) is 0 Å². The lowest BCUT2D eigenvalue weighted by atomic mass is 9.93. The molecule has 1 saturated heterocycles. The fourth-order valence-corrected chi connectivity index (χ4v) is 3.38. The molecule has 2 rings (SSSR count). The highest BCUT2D eigenvalue weighted by Crippen LogP contribution is 2.44. The Bertz CT molecular complexity index is 389. The highest BCUT2D eigenvalue weighted by molar-refractivity contribution is 9.11. The van der Waals surface area contributed by atoms with E-state index in [4.69, 9.17) is 16.3 Å². The van der Waals surface area contributed by atoms with Crippen molar-refractivity contribution in [2.24, 2.45) is 0 Å². The zero-order valence-electron chi connectivity index (χ0n) is 8.97. The SMILES string of the molecule is CC1(C(Cl)c2cc(Br)ccc2Br)CCCO1. The fourth-order valence-electron chi connectivity index (χ4n) is 2.04. The van der Waals surface area contributed by atoms with E-state index in [-0.39, 0.29) is 11.0 Å². The van der Waals surface area contributed by atoms with Crippen LogP contribution in [0.25, 0.3) is 0 Å². The molecule has 1 aromatic rings. The van der Waals surface area contributed by atoms with Crippen molar-refractivity contribution in [1.29, 1.82) is 0 Å². The van der Waals surface area contributed by atoms with Crippen molar-refractivity contribution < 1.29 is 4.74 Å². The molecule has 1 aliphatic rings. The Balaban J connectivity index is 2.32. The summed E-state index contributed by atoms with van der Waals surface area (Å²) in [6, 6.07) is 6.05. The summed E-state index contributed by atoms with van der Waals surface area (Å²) in [6.45, 7) is 2.90. The quantitative estimate of drug-likeness (QED) is 0.663. The summed E-state index contributed by atoms with van der Waals surface area (Å²) in [5.74, 6) is 0. The molecule has 0 spiro atoms. The summed E-state index contributed by atoms with van der Waals surface area (Å²) in [7, 11) is 0. The first-order valence-electron chi connectivity index (χ1n) is 5.26. The van der Waals surface area contributed by atoms with Crippen LogP contribution in [0.5, 0.6) is 0 Å². The maximum Gasteiger partial charge on any atom is 0.0883 e. The molecule has 1 aliphatic heterocycles. The van der Waals surface area contributed by atoms with E-state index in [9.17, 15) is 0 Å². The molecule has 0 amide bonds. The largest absolute Gasteiger partial charge is 0.373 e. The third-order valence-corrected chi connectivity index (χ3v) is 4.93. The van der Waals surface area contributed by atoms with Crippen LogP contribution in [0.4, 0.5) is 0 Å². The van der Waals surface area contributed by atoms with E-state index in [0.29, 0.717) is 0 Å². The zero-order chi connectivity index (χ0) is 11.8. The van der Waals surface area contributed by atoms with Crippen LogP contribution in [-0.4, -0.2) is 12.2 Å². The van der Waals surface area contributed by atoms with E-state index in [2.05, 4.69) is 44.8 Å². The van der Waals surface area contributed by atoms with E-state index in [1.807, 2.05) is 12.1 Å². The zero-order valence-corrected chi connectivity index (χ0v) is 12.9. The van der Waals surface area contributed by atoms with E-state index >= 15 is 0 Å². The Morgan fingerprint density at radius 3 is 2.81 bits per heavy atom. The number of halogens is 3. The van der Waals surface area contributed by atoms with Crippen LogP contribution in [-0.2, 0) is 4.74 Å². The predicted octanol–water partition coefficient (Wildman–Crippen LogP) is 5.06. The van der Waals surface area contributed by atoms with Crippen molar-refractivity contribution in [3.05, 3.63) is 32.7 Å². The minimum Gasteiger partial charge on any atom is -0.373 e. The van der Waals surface area contributed by atoms with Gasteiger partial charge >= 0.3 is 0 Å². The van der Waals surface area contributed by atoms with Crippen molar-refractivity contribution in [1.82, 2.24) is 0 Å². The van der Waals surface area contributed by atoms with E-state index in [0.717, 1.165) is 34.0 Å². The normalized spacial score (nSPS) is 27.0. The first-order chi connectivity index (χ1) is 7.53. The third kappa shape index (κ3) is 2.47. The molecular weight excluding hydrogens is 355 g/mol. The number of alkyl halides is 1. The Labute approximate surface area is 118 Å². The average Bonchev–Trinajstić information content (AvgIpc) is 2.69. The van der Waals surface area contributed by atoms with E-state index in [1.54, 1.807) is 0 Å². The van der Waals surface area contributed by atoms with Crippen molar-refractivity contribution in [2.75, 3.05) is 6.61 Å². The summed E-state index contributed by atoms with van der Waals surface area (Å²) >= 11 is 13.6. The number of hydrogen-bond donors (Lipinski definition) is 0. The maximum absolute atomic E-state index is 6.56.